The molecule has 86 valence electrons. The van der Waals surface area contributed by atoms with Crippen LogP contribution in [-0.2, 0) is 6.54 Å². The van der Waals surface area contributed by atoms with Crippen molar-refractivity contribution in [3.63, 3.8) is 0 Å². The molecule has 1 rings (SSSR count). The zero-order valence-electron chi connectivity index (χ0n) is 9.49. The number of carboxylic acids is 1. The van der Waals surface area contributed by atoms with E-state index in [9.17, 15) is 9.59 Å². The molecule has 1 aromatic rings. The van der Waals surface area contributed by atoms with E-state index >= 15 is 0 Å². The zero-order valence-corrected chi connectivity index (χ0v) is 9.49. The first-order valence-electron chi connectivity index (χ1n) is 5.01. The molecule has 0 saturated carbocycles. The number of aromatic carboxylic acids is 1. The number of allylic oxidation sites excluding steroid dienone is 1. The second kappa shape index (κ2) is 4.79. The van der Waals surface area contributed by atoms with Crippen LogP contribution >= 0.6 is 0 Å². The third-order valence-electron chi connectivity index (χ3n) is 2.39. The summed E-state index contributed by atoms with van der Waals surface area (Å²) >= 11 is 0. The fraction of sp³-hybridized carbons (Fsp3) is 0.333. The van der Waals surface area contributed by atoms with Gasteiger partial charge in [-0.15, -0.1) is 6.58 Å². The zero-order chi connectivity index (χ0) is 12.3. The largest absolute Gasteiger partial charge is 0.477 e. The van der Waals surface area contributed by atoms with E-state index < -0.39 is 11.5 Å². The molecule has 0 fully saturated rings. The predicted molar refractivity (Wildman–Crippen MR) is 61.8 cm³/mol. The van der Waals surface area contributed by atoms with Gasteiger partial charge in [-0.3, -0.25) is 4.79 Å². The highest BCUT2D eigenvalue weighted by molar-refractivity contribution is 5.87. The molecular weight excluding hydrogens is 206 g/mol. The van der Waals surface area contributed by atoms with E-state index in [4.69, 9.17) is 5.11 Å². The van der Waals surface area contributed by atoms with Crippen molar-refractivity contribution in [3.8, 4) is 0 Å². The van der Waals surface area contributed by atoms with Crippen molar-refractivity contribution in [2.75, 3.05) is 0 Å². The first-order chi connectivity index (χ1) is 7.43. The molecule has 1 aromatic heterocycles. The van der Waals surface area contributed by atoms with Crippen LogP contribution in [0.25, 0.3) is 0 Å². The predicted octanol–water partition coefficient (Wildman–Crippen LogP) is 1.82. The molecule has 0 aliphatic rings. The lowest BCUT2D eigenvalue weighted by Crippen LogP contribution is -2.27. The number of pyridine rings is 1. The monoisotopic (exact) mass is 221 g/mol. The third-order valence-corrected chi connectivity index (χ3v) is 2.39. The van der Waals surface area contributed by atoms with Crippen LogP contribution in [-0.4, -0.2) is 15.6 Å². The first kappa shape index (κ1) is 12.2. The fourth-order valence-corrected chi connectivity index (χ4v) is 1.41. The summed E-state index contributed by atoms with van der Waals surface area (Å²) in [7, 11) is 0. The van der Waals surface area contributed by atoms with Crippen molar-refractivity contribution in [2.24, 2.45) is 0 Å². The summed E-state index contributed by atoms with van der Waals surface area (Å²) in [6.07, 6.45) is 0.670. The Bertz CT molecular complexity index is 486. The molecule has 16 heavy (non-hydrogen) atoms. The molecule has 0 unspecified atom stereocenters. The second-order valence-electron chi connectivity index (χ2n) is 3.86. The van der Waals surface area contributed by atoms with Crippen molar-refractivity contribution in [1.82, 2.24) is 4.57 Å². The molecule has 0 aromatic carbocycles. The molecule has 0 bridgehead atoms. The van der Waals surface area contributed by atoms with Crippen molar-refractivity contribution in [1.29, 1.82) is 0 Å². The normalized spacial score (nSPS) is 10.1. The van der Waals surface area contributed by atoms with Crippen LogP contribution in [0.2, 0.25) is 0 Å². The Hall–Kier alpha value is -1.84. The Morgan fingerprint density at radius 1 is 1.50 bits per heavy atom. The second-order valence-corrected chi connectivity index (χ2v) is 3.86. The van der Waals surface area contributed by atoms with E-state index in [-0.39, 0.29) is 5.56 Å². The molecule has 0 aliphatic heterocycles. The molecule has 0 aliphatic carbocycles. The summed E-state index contributed by atoms with van der Waals surface area (Å²) in [6, 6.07) is 2.99. The molecule has 1 N–H and O–H groups in total. The van der Waals surface area contributed by atoms with Gasteiger partial charge in [0.25, 0.3) is 5.56 Å². The number of nitrogens with zero attached hydrogens (tertiary/aromatic N) is 1. The van der Waals surface area contributed by atoms with Gasteiger partial charge in [0.1, 0.15) is 5.56 Å². The quantitative estimate of drug-likeness (QED) is 0.789. The topological polar surface area (TPSA) is 59.3 Å². The molecule has 4 heteroatoms. The van der Waals surface area contributed by atoms with E-state index in [1.807, 2.05) is 6.92 Å². The molecule has 0 atom stereocenters. The lowest BCUT2D eigenvalue weighted by Gasteiger charge is -2.10. The molecule has 1 heterocycles. The highest BCUT2D eigenvalue weighted by atomic mass is 16.4. The maximum Gasteiger partial charge on any atom is 0.341 e. The van der Waals surface area contributed by atoms with Crippen molar-refractivity contribution < 1.29 is 9.90 Å². The van der Waals surface area contributed by atoms with Gasteiger partial charge >= 0.3 is 5.97 Å². The van der Waals surface area contributed by atoms with Gasteiger partial charge in [-0.25, -0.2) is 4.79 Å². The van der Waals surface area contributed by atoms with Crippen molar-refractivity contribution >= 4 is 5.97 Å². The standard InChI is InChI=1S/C12H15NO3/c1-8(2)6-7-13-9(3)4-5-10(11(13)14)12(15)16/h4-5H,1,6-7H2,2-3H3,(H,15,16). The van der Waals surface area contributed by atoms with Crippen LogP contribution < -0.4 is 5.56 Å². The van der Waals surface area contributed by atoms with Crippen LogP contribution in [0.3, 0.4) is 0 Å². The van der Waals surface area contributed by atoms with Crippen LogP contribution in [0.4, 0.5) is 0 Å². The minimum absolute atomic E-state index is 0.188. The van der Waals surface area contributed by atoms with Crippen LogP contribution in [0, 0.1) is 6.92 Å². The van der Waals surface area contributed by atoms with Crippen LogP contribution in [0.15, 0.2) is 29.1 Å². The first-order valence-corrected chi connectivity index (χ1v) is 5.01. The number of aromatic nitrogens is 1. The Kier molecular flexibility index (Phi) is 3.66. The summed E-state index contributed by atoms with van der Waals surface area (Å²) in [5, 5.41) is 8.83. The molecule has 0 amide bonds. The Balaban J connectivity index is 3.16. The minimum Gasteiger partial charge on any atom is -0.477 e. The van der Waals surface area contributed by atoms with Gasteiger partial charge in [0.15, 0.2) is 0 Å². The van der Waals surface area contributed by atoms with E-state index in [1.165, 1.54) is 10.6 Å². The molecule has 0 radical (unpaired) electrons. The average Bonchev–Trinajstić information content (AvgIpc) is 2.16. The van der Waals surface area contributed by atoms with E-state index in [2.05, 4.69) is 6.58 Å². The van der Waals surface area contributed by atoms with Gasteiger partial charge < -0.3 is 9.67 Å². The Morgan fingerprint density at radius 3 is 2.62 bits per heavy atom. The Morgan fingerprint density at radius 2 is 2.12 bits per heavy atom. The molecule has 0 saturated heterocycles. The lowest BCUT2D eigenvalue weighted by atomic mass is 10.2. The highest BCUT2D eigenvalue weighted by Crippen LogP contribution is 2.03. The summed E-state index contributed by atoms with van der Waals surface area (Å²) in [6.45, 7) is 7.89. The van der Waals surface area contributed by atoms with Crippen molar-refractivity contribution in [2.45, 2.75) is 26.8 Å². The fourth-order valence-electron chi connectivity index (χ4n) is 1.41. The van der Waals surface area contributed by atoms with Crippen molar-refractivity contribution in [3.05, 3.63) is 45.9 Å². The minimum atomic E-state index is -1.19. The highest BCUT2D eigenvalue weighted by Gasteiger charge is 2.11. The molecule has 4 nitrogen and oxygen atoms in total. The maximum atomic E-state index is 11.8. The van der Waals surface area contributed by atoms with E-state index in [0.717, 1.165) is 11.3 Å². The van der Waals surface area contributed by atoms with Gasteiger partial charge in [0.2, 0.25) is 0 Å². The number of carbonyl (C=O) groups is 1. The smallest absolute Gasteiger partial charge is 0.341 e. The van der Waals surface area contributed by atoms with Crippen LogP contribution in [0.5, 0.6) is 0 Å². The molecular formula is C12H15NO3. The van der Waals surface area contributed by atoms with Gasteiger partial charge in [0, 0.05) is 12.2 Å². The van der Waals surface area contributed by atoms with Gasteiger partial charge in [0.05, 0.1) is 0 Å². The SMILES string of the molecule is C=C(C)CCn1c(C)ccc(C(=O)O)c1=O. The Labute approximate surface area is 93.8 Å². The van der Waals surface area contributed by atoms with Gasteiger partial charge in [-0.1, -0.05) is 5.57 Å². The number of carboxylic acid groups (broad SMARTS) is 1. The number of aryl methyl sites for hydroxylation is 1. The van der Waals surface area contributed by atoms with E-state index in [0.29, 0.717) is 13.0 Å². The van der Waals surface area contributed by atoms with Gasteiger partial charge in [-0.05, 0) is 32.4 Å². The van der Waals surface area contributed by atoms with Crippen LogP contribution in [0.1, 0.15) is 29.4 Å². The maximum absolute atomic E-state index is 11.8. The van der Waals surface area contributed by atoms with Gasteiger partial charge in [-0.2, -0.15) is 0 Å². The summed E-state index contributed by atoms with van der Waals surface area (Å²) < 4.78 is 1.47. The molecule has 0 spiro atoms. The lowest BCUT2D eigenvalue weighted by molar-refractivity contribution is 0.0694. The number of rotatable bonds is 4. The number of hydrogen-bond acceptors (Lipinski definition) is 2. The van der Waals surface area contributed by atoms with E-state index in [1.54, 1.807) is 13.0 Å². The third kappa shape index (κ3) is 2.59. The number of hydrogen-bond donors (Lipinski definition) is 1. The summed E-state index contributed by atoms with van der Waals surface area (Å²) in [5.74, 6) is -1.19. The summed E-state index contributed by atoms with van der Waals surface area (Å²) in [4.78, 5) is 22.6. The average molecular weight is 221 g/mol. The summed E-state index contributed by atoms with van der Waals surface area (Å²) in [5.41, 5.74) is 1.09.